The molecule has 0 bridgehead atoms. The van der Waals surface area contributed by atoms with Gasteiger partial charge in [-0.2, -0.15) is 5.10 Å². The number of nitrogens with zero attached hydrogens (tertiary/aromatic N) is 5. The van der Waals surface area contributed by atoms with Crippen LogP contribution in [0.3, 0.4) is 0 Å². The number of nitrogens with one attached hydrogen (secondary N) is 2. The summed E-state index contributed by atoms with van der Waals surface area (Å²) in [5.41, 5.74) is 2.27. The van der Waals surface area contributed by atoms with Gasteiger partial charge in [0.1, 0.15) is 5.82 Å². The van der Waals surface area contributed by atoms with E-state index in [1.54, 1.807) is 7.05 Å². The van der Waals surface area contributed by atoms with Crippen LogP contribution in [0.15, 0.2) is 23.5 Å². The first-order valence-electron chi connectivity index (χ1n) is 8.95. The standard InChI is InChI=1S/C18H31N7/c1-14(2)13-24-10-8-20-17(24)12-22-18(19-5)21-7-6-9-25-16(4)11-15(3)23-25/h8,10-11,14H,6-7,9,12-13H2,1-5H3,(H2,19,21,22). The van der Waals surface area contributed by atoms with Gasteiger partial charge in [-0.15, -0.1) is 0 Å². The van der Waals surface area contributed by atoms with Crippen LogP contribution in [0.5, 0.6) is 0 Å². The zero-order valence-corrected chi connectivity index (χ0v) is 16.1. The molecule has 0 aliphatic carbocycles. The lowest BCUT2D eigenvalue weighted by Crippen LogP contribution is -2.38. The molecule has 138 valence electrons. The first-order chi connectivity index (χ1) is 12.0. The van der Waals surface area contributed by atoms with Crippen LogP contribution in [0.25, 0.3) is 0 Å². The Bertz CT molecular complexity index is 681. The zero-order valence-electron chi connectivity index (χ0n) is 16.1. The van der Waals surface area contributed by atoms with Gasteiger partial charge in [-0.25, -0.2) is 4.98 Å². The number of aryl methyl sites for hydroxylation is 3. The van der Waals surface area contributed by atoms with Gasteiger partial charge in [-0.1, -0.05) is 13.8 Å². The predicted molar refractivity (Wildman–Crippen MR) is 102 cm³/mol. The third-order valence-electron chi connectivity index (χ3n) is 3.94. The van der Waals surface area contributed by atoms with E-state index in [0.29, 0.717) is 12.5 Å². The fraction of sp³-hybridized carbons (Fsp3) is 0.611. The molecule has 0 atom stereocenters. The van der Waals surface area contributed by atoms with E-state index in [0.717, 1.165) is 43.5 Å². The molecule has 0 saturated heterocycles. The minimum Gasteiger partial charge on any atom is -0.356 e. The molecule has 2 aromatic rings. The fourth-order valence-corrected chi connectivity index (χ4v) is 2.79. The number of hydrogen-bond donors (Lipinski definition) is 2. The molecule has 7 nitrogen and oxygen atoms in total. The highest BCUT2D eigenvalue weighted by molar-refractivity contribution is 5.79. The van der Waals surface area contributed by atoms with Crippen molar-refractivity contribution >= 4 is 5.96 Å². The summed E-state index contributed by atoms with van der Waals surface area (Å²) in [7, 11) is 1.79. The Morgan fingerprint density at radius 2 is 2.08 bits per heavy atom. The molecule has 2 heterocycles. The second-order valence-electron chi connectivity index (χ2n) is 6.75. The summed E-state index contributed by atoms with van der Waals surface area (Å²) in [5, 5.41) is 11.2. The molecule has 2 N–H and O–H groups in total. The van der Waals surface area contributed by atoms with Crippen molar-refractivity contribution in [3.63, 3.8) is 0 Å². The topological polar surface area (TPSA) is 72.1 Å². The number of aliphatic imine (C=N–C) groups is 1. The molecule has 0 saturated carbocycles. The minimum absolute atomic E-state index is 0.597. The Balaban J connectivity index is 1.74. The molecule has 0 aliphatic rings. The van der Waals surface area contributed by atoms with Crippen molar-refractivity contribution in [1.82, 2.24) is 30.0 Å². The maximum absolute atomic E-state index is 4.48. The zero-order chi connectivity index (χ0) is 18.2. The largest absolute Gasteiger partial charge is 0.356 e. The van der Waals surface area contributed by atoms with Crippen LogP contribution < -0.4 is 10.6 Å². The van der Waals surface area contributed by atoms with Gasteiger partial charge >= 0.3 is 0 Å². The first-order valence-corrected chi connectivity index (χ1v) is 8.95. The average molecular weight is 345 g/mol. The van der Waals surface area contributed by atoms with Gasteiger partial charge in [-0.3, -0.25) is 9.67 Å². The predicted octanol–water partition coefficient (Wildman–Crippen LogP) is 2.11. The number of imidazole rings is 1. The van der Waals surface area contributed by atoms with Crippen molar-refractivity contribution < 1.29 is 0 Å². The van der Waals surface area contributed by atoms with E-state index >= 15 is 0 Å². The van der Waals surface area contributed by atoms with Crippen molar-refractivity contribution in [3.05, 3.63) is 35.7 Å². The number of guanidine groups is 1. The quantitative estimate of drug-likeness (QED) is 0.437. The van der Waals surface area contributed by atoms with Gasteiger partial charge < -0.3 is 15.2 Å². The summed E-state index contributed by atoms with van der Waals surface area (Å²) in [6.45, 7) is 11.9. The lowest BCUT2D eigenvalue weighted by atomic mass is 10.2. The molecule has 0 unspecified atom stereocenters. The minimum atomic E-state index is 0.597. The van der Waals surface area contributed by atoms with Gasteiger partial charge in [0.25, 0.3) is 0 Å². The molecule has 2 rings (SSSR count). The van der Waals surface area contributed by atoms with E-state index < -0.39 is 0 Å². The van der Waals surface area contributed by atoms with Crippen LogP contribution in [0.1, 0.15) is 37.5 Å². The SMILES string of the molecule is CN=C(NCCCn1nc(C)cc1C)NCc1nccn1CC(C)C. The van der Waals surface area contributed by atoms with Crippen LogP contribution in [-0.4, -0.2) is 38.9 Å². The molecule has 0 amide bonds. The summed E-state index contributed by atoms with van der Waals surface area (Å²) in [6.07, 6.45) is 4.87. The first kappa shape index (κ1) is 19.0. The van der Waals surface area contributed by atoms with Gasteiger partial charge in [0.05, 0.1) is 12.2 Å². The van der Waals surface area contributed by atoms with Gasteiger partial charge in [0.2, 0.25) is 0 Å². The highest BCUT2D eigenvalue weighted by Gasteiger charge is 2.06. The van der Waals surface area contributed by atoms with E-state index in [9.17, 15) is 0 Å². The maximum Gasteiger partial charge on any atom is 0.191 e. The molecule has 0 fully saturated rings. The van der Waals surface area contributed by atoms with E-state index in [1.165, 1.54) is 5.69 Å². The Kier molecular flexibility index (Phi) is 7.03. The third-order valence-corrected chi connectivity index (χ3v) is 3.94. The highest BCUT2D eigenvalue weighted by atomic mass is 15.3. The highest BCUT2D eigenvalue weighted by Crippen LogP contribution is 2.04. The summed E-state index contributed by atoms with van der Waals surface area (Å²) >= 11 is 0. The lowest BCUT2D eigenvalue weighted by Gasteiger charge is -2.14. The van der Waals surface area contributed by atoms with Crippen molar-refractivity contribution in [3.8, 4) is 0 Å². The van der Waals surface area contributed by atoms with Gasteiger partial charge in [-0.05, 0) is 32.3 Å². The van der Waals surface area contributed by atoms with Crippen LogP contribution in [0.2, 0.25) is 0 Å². The maximum atomic E-state index is 4.48. The van der Waals surface area contributed by atoms with Crippen LogP contribution in [0, 0.1) is 19.8 Å². The normalized spacial score (nSPS) is 12.0. The third kappa shape index (κ3) is 5.92. The van der Waals surface area contributed by atoms with E-state index in [-0.39, 0.29) is 0 Å². The van der Waals surface area contributed by atoms with Crippen LogP contribution in [0.4, 0.5) is 0 Å². The van der Waals surface area contributed by atoms with E-state index in [2.05, 4.69) is 61.8 Å². The van der Waals surface area contributed by atoms with Crippen molar-refractivity contribution in [2.45, 2.75) is 53.8 Å². The number of rotatable bonds is 8. The van der Waals surface area contributed by atoms with Crippen LogP contribution in [-0.2, 0) is 19.6 Å². The molecule has 0 aromatic carbocycles. The Hall–Kier alpha value is -2.31. The summed E-state index contributed by atoms with van der Waals surface area (Å²) < 4.78 is 4.24. The second-order valence-corrected chi connectivity index (χ2v) is 6.75. The summed E-state index contributed by atoms with van der Waals surface area (Å²) in [4.78, 5) is 8.71. The van der Waals surface area contributed by atoms with Crippen LogP contribution >= 0.6 is 0 Å². The molecule has 2 aromatic heterocycles. The molecule has 0 spiro atoms. The average Bonchev–Trinajstić information content (AvgIpc) is 3.12. The van der Waals surface area contributed by atoms with Crippen molar-refractivity contribution in [1.29, 1.82) is 0 Å². The molecule has 25 heavy (non-hydrogen) atoms. The van der Waals surface area contributed by atoms with Gasteiger partial charge in [0, 0.05) is 44.8 Å². The van der Waals surface area contributed by atoms with Crippen molar-refractivity contribution in [2.24, 2.45) is 10.9 Å². The Morgan fingerprint density at radius 1 is 1.28 bits per heavy atom. The second kappa shape index (κ2) is 9.25. The smallest absolute Gasteiger partial charge is 0.191 e. The number of aromatic nitrogens is 4. The van der Waals surface area contributed by atoms with Gasteiger partial charge in [0.15, 0.2) is 5.96 Å². The van der Waals surface area contributed by atoms with Crippen molar-refractivity contribution in [2.75, 3.05) is 13.6 Å². The number of hydrogen-bond acceptors (Lipinski definition) is 3. The lowest BCUT2D eigenvalue weighted by molar-refractivity contribution is 0.503. The fourth-order valence-electron chi connectivity index (χ4n) is 2.79. The molecule has 0 aliphatic heterocycles. The summed E-state index contributed by atoms with van der Waals surface area (Å²) in [6, 6.07) is 2.10. The Labute approximate surface area is 150 Å². The molecule has 7 heteroatoms. The Morgan fingerprint density at radius 3 is 2.72 bits per heavy atom. The summed E-state index contributed by atoms with van der Waals surface area (Å²) in [5.74, 6) is 2.42. The molecule has 0 radical (unpaired) electrons. The monoisotopic (exact) mass is 345 g/mol. The molecular formula is C18H31N7. The van der Waals surface area contributed by atoms with E-state index in [1.807, 2.05) is 19.3 Å². The molecular weight excluding hydrogens is 314 g/mol. The van der Waals surface area contributed by atoms with E-state index in [4.69, 9.17) is 0 Å².